The molecule has 0 fully saturated rings. The Bertz CT molecular complexity index is 1270. The number of thiophene rings is 1. The van der Waals surface area contributed by atoms with E-state index in [1.54, 1.807) is 26.8 Å². The lowest BCUT2D eigenvalue weighted by Gasteiger charge is -2.23. The molecule has 2 heterocycles. The van der Waals surface area contributed by atoms with Crippen molar-refractivity contribution in [1.29, 1.82) is 0 Å². The Hall–Kier alpha value is -2.94. The second kappa shape index (κ2) is 11.4. The Morgan fingerprint density at radius 2 is 1.97 bits per heavy atom. The first-order chi connectivity index (χ1) is 17.6. The highest BCUT2D eigenvalue weighted by molar-refractivity contribution is 14.1. The predicted octanol–water partition coefficient (Wildman–Crippen LogP) is 4.26. The smallest absolute Gasteiger partial charge is 0.408 e. The number of amides is 3. The molecule has 2 aromatic rings. The third kappa shape index (κ3) is 7.56. The third-order valence-electron chi connectivity index (χ3n) is 5.46. The first-order valence-corrected chi connectivity index (χ1v) is 13.6. The molecule has 0 aliphatic carbocycles. The zero-order chi connectivity index (χ0) is 28.4. The van der Waals surface area contributed by atoms with E-state index in [0.717, 1.165) is 11.3 Å². The highest BCUT2D eigenvalue weighted by atomic mass is 127. The molecule has 3 amide bonds. The summed E-state index contributed by atoms with van der Waals surface area (Å²) in [4.78, 5) is 50.5. The van der Waals surface area contributed by atoms with E-state index < -0.39 is 42.0 Å². The number of hydrogen-bond acceptors (Lipinski definition) is 7. The number of nitrogens with one attached hydrogen (secondary N) is 4. The minimum Gasteiger partial charge on any atom is -0.480 e. The van der Waals surface area contributed by atoms with Crippen LogP contribution >= 0.6 is 33.9 Å². The standard InChI is InChI=1S/C25H30FIN4O6S/c1-24(2,3)37-23(36)31-16(22(34)35)10-28-19(32)17-13-9-25(4,5)11-29-20(33)18(13)38-21(17)30-15-7-6-12(27)8-14(15)26/h6-8,16,30H,9-11H2,1-5H3,(H,28,32)(H,29,33)(H,31,36)(H,34,35)/t16-/m0/s1. The summed E-state index contributed by atoms with van der Waals surface area (Å²) in [6.45, 7) is 8.73. The van der Waals surface area contributed by atoms with Crippen LogP contribution in [0.4, 0.5) is 19.9 Å². The van der Waals surface area contributed by atoms with Crippen LogP contribution in [0, 0.1) is 14.8 Å². The molecule has 0 bridgehead atoms. The Morgan fingerprint density at radius 3 is 2.58 bits per heavy atom. The third-order valence-corrected chi connectivity index (χ3v) is 7.28. The van der Waals surface area contributed by atoms with Crippen LogP contribution in [0.1, 0.15) is 60.2 Å². The maximum atomic E-state index is 14.6. The first-order valence-electron chi connectivity index (χ1n) is 11.7. The monoisotopic (exact) mass is 660 g/mol. The van der Waals surface area contributed by atoms with Crippen molar-refractivity contribution >= 4 is 68.5 Å². The van der Waals surface area contributed by atoms with Gasteiger partial charge in [0, 0.05) is 16.7 Å². The van der Waals surface area contributed by atoms with Gasteiger partial charge in [-0.2, -0.15) is 0 Å². The van der Waals surface area contributed by atoms with E-state index in [2.05, 4.69) is 21.3 Å². The second-order valence-corrected chi connectivity index (χ2v) is 12.9. The van der Waals surface area contributed by atoms with Crippen LogP contribution < -0.4 is 21.3 Å². The number of carbonyl (C=O) groups excluding carboxylic acids is 3. The van der Waals surface area contributed by atoms with Gasteiger partial charge in [0.2, 0.25) is 0 Å². The Morgan fingerprint density at radius 1 is 1.29 bits per heavy atom. The Labute approximate surface area is 237 Å². The van der Waals surface area contributed by atoms with Gasteiger partial charge in [-0.3, -0.25) is 9.59 Å². The Kier molecular flexibility index (Phi) is 8.91. The SMILES string of the molecule is CC1(C)CNC(=O)c2sc(Nc3ccc(I)cc3F)c(C(=O)NC[C@H](NC(=O)OC(C)(C)C)C(=O)O)c2C1. The van der Waals surface area contributed by atoms with E-state index in [1.807, 2.05) is 36.4 Å². The summed E-state index contributed by atoms with van der Waals surface area (Å²) in [5.74, 6) is -2.93. The zero-order valence-corrected chi connectivity index (χ0v) is 24.6. The van der Waals surface area contributed by atoms with Gasteiger partial charge in [-0.05, 0) is 79.0 Å². The zero-order valence-electron chi connectivity index (χ0n) is 21.6. The second-order valence-electron chi connectivity index (χ2n) is 10.6. The molecule has 3 rings (SSSR count). The molecule has 1 atom stereocenters. The number of benzene rings is 1. The van der Waals surface area contributed by atoms with Crippen LogP contribution in [0.2, 0.25) is 0 Å². The molecule has 0 unspecified atom stereocenters. The highest BCUT2D eigenvalue weighted by Gasteiger charge is 2.35. The van der Waals surface area contributed by atoms with Crippen LogP contribution in [0.5, 0.6) is 0 Å². The van der Waals surface area contributed by atoms with E-state index in [9.17, 15) is 28.7 Å². The number of carboxylic acids is 1. The fourth-order valence-corrected chi connectivity index (χ4v) is 5.33. The molecule has 0 spiro atoms. The lowest BCUT2D eigenvalue weighted by atomic mass is 9.85. The fourth-order valence-electron chi connectivity index (χ4n) is 3.73. The van der Waals surface area contributed by atoms with E-state index in [1.165, 1.54) is 12.1 Å². The number of halogens is 2. The molecule has 10 nitrogen and oxygen atoms in total. The van der Waals surface area contributed by atoms with Gasteiger partial charge >= 0.3 is 12.1 Å². The average Bonchev–Trinajstić information content (AvgIpc) is 3.07. The van der Waals surface area contributed by atoms with Crippen LogP contribution in [0.25, 0.3) is 0 Å². The summed E-state index contributed by atoms with van der Waals surface area (Å²) in [7, 11) is 0. The quantitative estimate of drug-likeness (QED) is 0.279. The average molecular weight is 661 g/mol. The minimum atomic E-state index is -1.48. The summed E-state index contributed by atoms with van der Waals surface area (Å²) in [6, 6.07) is 3.08. The van der Waals surface area contributed by atoms with Crippen molar-refractivity contribution in [1.82, 2.24) is 16.0 Å². The van der Waals surface area contributed by atoms with E-state index in [-0.39, 0.29) is 27.6 Å². The van der Waals surface area contributed by atoms with Gasteiger partial charge in [0.15, 0.2) is 0 Å². The maximum absolute atomic E-state index is 14.6. The molecule has 0 saturated carbocycles. The molecule has 1 aromatic carbocycles. The molecule has 0 saturated heterocycles. The van der Waals surface area contributed by atoms with E-state index in [0.29, 0.717) is 27.0 Å². The molecule has 13 heteroatoms. The molecular formula is C25H30FIN4O6S. The lowest BCUT2D eigenvalue weighted by molar-refractivity contribution is -0.139. The minimum absolute atomic E-state index is 0.116. The van der Waals surface area contributed by atoms with Crippen molar-refractivity contribution in [2.75, 3.05) is 18.4 Å². The summed E-state index contributed by atoms with van der Waals surface area (Å²) < 4.78 is 20.4. The van der Waals surface area contributed by atoms with Gasteiger partial charge in [0.25, 0.3) is 11.8 Å². The van der Waals surface area contributed by atoms with E-state index in [4.69, 9.17) is 4.74 Å². The predicted molar refractivity (Wildman–Crippen MR) is 150 cm³/mol. The number of carboxylic acid groups (broad SMARTS) is 1. The topological polar surface area (TPSA) is 146 Å². The lowest BCUT2D eigenvalue weighted by Crippen LogP contribution is -2.49. The Balaban J connectivity index is 1.94. The molecule has 38 heavy (non-hydrogen) atoms. The normalized spacial score (nSPS) is 15.4. The van der Waals surface area contributed by atoms with Gasteiger partial charge in [0.1, 0.15) is 22.5 Å². The molecule has 1 aromatic heterocycles. The van der Waals surface area contributed by atoms with Crippen molar-refractivity contribution in [2.24, 2.45) is 5.41 Å². The number of fused-ring (bicyclic) bond motifs is 1. The number of rotatable bonds is 7. The number of alkyl carbamates (subject to hydrolysis) is 1. The number of ether oxygens (including phenoxy) is 1. The van der Waals surface area contributed by atoms with Gasteiger partial charge in [-0.1, -0.05) is 13.8 Å². The van der Waals surface area contributed by atoms with Crippen LogP contribution in [-0.2, 0) is 16.0 Å². The van der Waals surface area contributed by atoms with Gasteiger partial charge in [-0.15, -0.1) is 11.3 Å². The summed E-state index contributed by atoms with van der Waals surface area (Å²) in [5.41, 5.74) is -0.513. The number of hydrogen-bond donors (Lipinski definition) is 5. The summed E-state index contributed by atoms with van der Waals surface area (Å²) in [6.07, 6.45) is -0.575. The van der Waals surface area contributed by atoms with Crippen molar-refractivity contribution in [3.05, 3.63) is 43.6 Å². The van der Waals surface area contributed by atoms with Crippen molar-refractivity contribution in [2.45, 2.75) is 52.7 Å². The molecule has 1 aliphatic heterocycles. The fraction of sp³-hybridized carbons (Fsp3) is 0.440. The molecule has 1 aliphatic rings. The van der Waals surface area contributed by atoms with Crippen LogP contribution in [0.3, 0.4) is 0 Å². The van der Waals surface area contributed by atoms with Crippen LogP contribution in [0.15, 0.2) is 18.2 Å². The van der Waals surface area contributed by atoms with Gasteiger partial charge in [0.05, 0.1) is 16.1 Å². The maximum Gasteiger partial charge on any atom is 0.408 e. The highest BCUT2D eigenvalue weighted by Crippen LogP contribution is 2.40. The number of aliphatic carboxylic acids is 1. The summed E-state index contributed by atoms with van der Waals surface area (Å²) in [5, 5.41) is 20.4. The van der Waals surface area contributed by atoms with Crippen molar-refractivity contribution in [3.63, 3.8) is 0 Å². The molecule has 5 N–H and O–H groups in total. The first kappa shape index (κ1) is 29.6. The van der Waals surface area contributed by atoms with Crippen molar-refractivity contribution < 1.29 is 33.4 Å². The molecule has 0 radical (unpaired) electrons. The van der Waals surface area contributed by atoms with E-state index >= 15 is 0 Å². The van der Waals surface area contributed by atoms with Crippen molar-refractivity contribution in [3.8, 4) is 0 Å². The largest absolute Gasteiger partial charge is 0.480 e. The van der Waals surface area contributed by atoms with Crippen LogP contribution in [-0.4, -0.2) is 53.7 Å². The summed E-state index contributed by atoms with van der Waals surface area (Å²) >= 11 is 3.00. The molecular weight excluding hydrogens is 630 g/mol. The van der Waals surface area contributed by atoms with Gasteiger partial charge < -0.3 is 31.1 Å². The number of anilines is 2. The van der Waals surface area contributed by atoms with Gasteiger partial charge in [-0.25, -0.2) is 14.0 Å². The molecule has 206 valence electrons. The number of carbonyl (C=O) groups is 4.